The van der Waals surface area contributed by atoms with Crippen molar-refractivity contribution >= 4 is 16.6 Å². The first-order chi connectivity index (χ1) is 9.52. The molecule has 0 aliphatic carbocycles. The third kappa shape index (κ3) is 2.80. The highest BCUT2D eigenvalue weighted by Crippen LogP contribution is 2.28. The maximum absolute atomic E-state index is 11.2. The number of nitrogens with two attached hydrogens (primary N) is 1. The fourth-order valence-corrected chi connectivity index (χ4v) is 2.45. The Balaban J connectivity index is 2.56. The molecule has 2 N–H and O–H groups in total. The van der Waals surface area contributed by atoms with E-state index < -0.39 is 16.6 Å². The molecule has 0 radical (unpaired) electrons. The molecule has 0 atom stereocenters. The van der Waals surface area contributed by atoms with Crippen molar-refractivity contribution in [3.05, 3.63) is 48.0 Å². The first-order valence-electron chi connectivity index (χ1n) is 5.75. The molecule has 0 aliphatic rings. The maximum Gasteiger partial charge on any atom is 0.248 e. The molecule has 5 nitrogen and oxygen atoms in total. The summed E-state index contributed by atoms with van der Waals surface area (Å²) in [6.45, 7) is 0. The molecule has 0 aromatic heterocycles. The van der Waals surface area contributed by atoms with Crippen molar-refractivity contribution in [3.8, 4) is 16.9 Å². The van der Waals surface area contributed by atoms with E-state index in [-0.39, 0.29) is 10.6 Å². The van der Waals surface area contributed by atoms with Gasteiger partial charge in [-0.15, -0.1) is 0 Å². The van der Waals surface area contributed by atoms with E-state index in [9.17, 15) is 13.2 Å². The quantitative estimate of drug-likeness (QED) is 0.834. The topological polar surface area (TPSA) is 86.5 Å². The van der Waals surface area contributed by atoms with Crippen LogP contribution in [0.15, 0.2) is 47.4 Å². The van der Waals surface area contributed by atoms with Crippen LogP contribution < -0.4 is 10.5 Å². The fourth-order valence-electron chi connectivity index (χ4n) is 1.86. The lowest BCUT2D eigenvalue weighted by molar-refractivity contribution is 0.100. The van der Waals surface area contributed by atoms with Crippen molar-refractivity contribution in [1.82, 2.24) is 0 Å². The normalized spacial score (nSPS) is 10.5. The van der Waals surface area contributed by atoms with Crippen molar-refractivity contribution in [1.29, 1.82) is 0 Å². The van der Waals surface area contributed by atoms with E-state index >= 15 is 0 Å². The largest absolute Gasteiger partial charge is 0.495 e. The lowest BCUT2D eigenvalue weighted by Gasteiger charge is -2.07. The van der Waals surface area contributed by atoms with Gasteiger partial charge in [0.05, 0.1) is 7.11 Å². The predicted molar refractivity (Wildman–Crippen MR) is 75.5 cm³/mol. The molecular weight excluding hydrogens is 278 g/mol. The van der Waals surface area contributed by atoms with Crippen LogP contribution >= 0.6 is 0 Å². The van der Waals surface area contributed by atoms with Crippen LogP contribution in [0.25, 0.3) is 11.1 Å². The molecule has 0 spiro atoms. The zero-order chi connectivity index (χ0) is 14.7. The summed E-state index contributed by atoms with van der Waals surface area (Å²) in [6, 6.07) is 11.5. The Bertz CT molecular complexity index is 730. The minimum atomic E-state index is -2.77. The summed E-state index contributed by atoms with van der Waals surface area (Å²) in [5, 5.41) is 0. The molecule has 0 unspecified atom stereocenters. The van der Waals surface area contributed by atoms with Gasteiger partial charge in [0.25, 0.3) is 0 Å². The molecular formula is C14H13NO4S. The zero-order valence-electron chi connectivity index (χ0n) is 10.7. The second-order valence-electron chi connectivity index (χ2n) is 4.09. The molecule has 6 heteroatoms. The van der Waals surface area contributed by atoms with Crippen molar-refractivity contribution in [2.24, 2.45) is 5.73 Å². The molecule has 0 saturated carbocycles. The van der Waals surface area contributed by atoms with Crippen LogP contribution in [0.4, 0.5) is 0 Å². The molecule has 0 fully saturated rings. The summed E-state index contributed by atoms with van der Waals surface area (Å²) in [7, 11) is -1.36. The minimum Gasteiger partial charge on any atom is -0.495 e. The van der Waals surface area contributed by atoms with Gasteiger partial charge in [-0.3, -0.25) is 4.79 Å². The molecule has 2 aromatic rings. The summed E-state index contributed by atoms with van der Waals surface area (Å²) >= 11 is 0. The van der Waals surface area contributed by atoms with E-state index in [0.717, 1.165) is 0 Å². The molecule has 2 aromatic carbocycles. The van der Waals surface area contributed by atoms with E-state index in [0.29, 0.717) is 16.7 Å². The number of methoxy groups -OCH3 is 1. The number of hydrogen-bond acceptors (Lipinski definition) is 4. The molecule has 0 saturated heterocycles. The number of carbonyl (C=O) groups excluding carboxylic acids is 1. The molecule has 104 valence electrons. The zero-order valence-corrected chi connectivity index (χ0v) is 11.6. The number of thiol groups is 1. The second-order valence-corrected chi connectivity index (χ2v) is 5.08. The lowest BCUT2D eigenvalue weighted by Crippen LogP contribution is -2.10. The number of rotatable bonds is 4. The highest BCUT2D eigenvalue weighted by Gasteiger charge is 2.09. The van der Waals surface area contributed by atoms with Crippen LogP contribution in [0.1, 0.15) is 10.4 Å². The first kappa shape index (κ1) is 14.1. The first-order valence-corrected chi connectivity index (χ1v) is 6.93. The van der Waals surface area contributed by atoms with E-state index in [1.54, 1.807) is 36.4 Å². The van der Waals surface area contributed by atoms with E-state index in [1.165, 1.54) is 13.2 Å². The number of benzene rings is 2. The number of amides is 1. The van der Waals surface area contributed by atoms with Crippen LogP contribution in [0.3, 0.4) is 0 Å². The fraction of sp³-hybridized carbons (Fsp3) is 0.0714. The Morgan fingerprint density at radius 2 is 1.80 bits per heavy atom. The van der Waals surface area contributed by atoms with Gasteiger partial charge in [-0.05, 0) is 35.4 Å². The smallest absolute Gasteiger partial charge is 0.248 e. The van der Waals surface area contributed by atoms with Gasteiger partial charge in [0, 0.05) is 5.56 Å². The molecule has 1 amide bonds. The molecule has 0 aliphatic heterocycles. The van der Waals surface area contributed by atoms with Crippen molar-refractivity contribution in [3.63, 3.8) is 0 Å². The van der Waals surface area contributed by atoms with Crippen molar-refractivity contribution < 1.29 is 17.9 Å². The number of primary amides is 1. The predicted octanol–water partition coefficient (Wildman–Crippen LogP) is 1.43. The van der Waals surface area contributed by atoms with Crippen molar-refractivity contribution in [2.45, 2.75) is 4.90 Å². The Morgan fingerprint density at radius 3 is 2.40 bits per heavy atom. The Kier molecular flexibility index (Phi) is 4.05. The average Bonchev–Trinajstić information content (AvgIpc) is 2.46. The average molecular weight is 291 g/mol. The third-order valence-electron chi connectivity index (χ3n) is 2.86. The summed E-state index contributed by atoms with van der Waals surface area (Å²) in [5.74, 6) is -0.244. The SMILES string of the molecule is COc1ccc(-c2cccc(C(N)=O)c2)cc1[SH](=O)=O. The van der Waals surface area contributed by atoms with Crippen LogP contribution in [0.5, 0.6) is 5.75 Å². The van der Waals surface area contributed by atoms with E-state index in [4.69, 9.17) is 10.5 Å². The standard InChI is InChI=1S/C14H13NO4S/c1-19-12-6-5-10(8-13(12)20(17)18)9-3-2-4-11(7-9)14(15)16/h2-8,20H,1H3,(H2,15,16). The Morgan fingerprint density at radius 1 is 1.10 bits per heavy atom. The van der Waals surface area contributed by atoms with Crippen LogP contribution in [0, 0.1) is 0 Å². The number of carbonyl (C=O) groups is 1. The van der Waals surface area contributed by atoms with Gasteiger partial charge in [0.1, 0.15) is 10.6 Å². The molecule has 0 heterocycles. The molecule has 20 heavy (non-hydrogen) atoms. The Labute approximate surface area is 117 Å². The van der Waals surface area contributed by atoms with Gasteiger partial charge in [-0.2, -0.15) is 0 Å². The van der Waals surface area contributed by atoms with Crippen LogP contribution in [-0.2, 0) is 10.7 Å². The van der Waals surface area contributed by atoms with Gasteiger partial charge in [0.15, 0.2) is 10.7 Å². The number of hydrogen-bond donors (Lipinski definition) is 2. The maximum atomic E-state index is 11.2. The van der Waals surface area contributed by atoms with Crippen LogP contribution in [-0.4, -0.2) is 21.4 Å². The van der Waals surface area contributed by atoms with E-state index in [2.05, 4.69) is 0 Å². The summed E-state index contributed by atoms with van der Waals surface area (Å²) in [5.41, 5.74) is 6.98. The van der Waals surface area contributed by atoms with Crippen LogP contribution in [0.2, 0.25) is 0 Å². The molecule has 0 bridgehead atoms. The number of ether oxygens (including phenoxy) is 1. The van der Waals surface area contributed by atoms with E-state index in [1.807, 2.05) is 0 Å². The summed E-state index contributed by atoms with van der Waals surface area (Å²) < 4.78 is 27.4. The van der Waals surface area contributed by atoms with Gasteiger partial charge in [-0.1, -0.05) is 18.2 Å². The monoisotopic (exact) mass is 291 g/mol. The van der Waals surface area contributed by atoms with Crippen molar-refractivity contribution in [2.75, 3.05) is 7.11 Å². The summed E-state index contributed by atoms with van der Waals surface area (Å²) in [6.07, 6.45) is 0. The van der Waals surface area contributed by atoms with Gasteiger partial charge in [-0.25, -0.2) is 8.42 Å². The Hall–Kier alpha value is -2.34. The summed E-state index contributed by atoms with van der Waals surface area (Å²) in [4.78, 5) is 11.3. The van der Waals surface area contributed by atoms with Gasteiger partial charge >= 0.3 is 0 Å². The third-order valence-corrected chi connectivity index (χ3v) is 3.60. The van der Waals surface area contributed by atoms with Gasteiger partial charge in [0.2, 0.25) is 5.91 Å². The van der Waals surface area contributed by atoms with Gasteiger partial charge < -0.3 is 10.5 Å². The lowest BCUT2D eigenvalue weighted by atomic mass is 10.0. The highest BCUT2D eigenvalue weighted by atomic mass is 32.2. The molecule has 2 rings (SSSR count). The second kappa shape index (κ2) is 5.75. The highest BCUT2D eigenvalue weighted by molar-refractivity contribution is 7.72. The minimum absolute atomic E-state index is 0.101.